The maximum absolute atomic E-state index is 8.64. The molecule has 0 aliphatic heterocycles. The van der Waals surface area contributed by atoms with Crippen molar-refractivity contribution in [3.8, 4) is 6.07 Å². The Labute approximate surface area is 93.6 Å². The van der Waals surface area contributed by atoms with E-state index in [0.29, 0.717) is 6.42 Å². The van der Waals surface area contributed by atoms with Gasteiger partial charge >= 0.3 is 0 Å². The van der Waals surface area contributed by atoms with Crippen LogP contribution in [0.4, 0.5) is 0 Å². The SMILES string of the molecule is CCCCCCCOCC1(CC#N)CC1. The molecule has 0 aromatic heterocycles. The van der Waals surface area contributed by atoms with Crippen LogP contribution in [0.25, 0.3) is 0 Å². The van der Waals surface area contributed by atoms with Gasteiger partial charge in [0.05, 0.1) is 12.7 Å². The summed E-state index contributed by atoms with van der Waals surface area (Å²) in [5.41, 5.74) is 0.262. The lowest BCUT2D eigenvalue weighted by Gasteiger charge is -2.11. The van der Waals surface area contributed by atoms with E-state index < -0.39 is 0 Å². The fraction of sp³-hybridized carbons (Fsp3) is 0.923. The summed E-state index contributed by atoms with van der Waals surface area (Å²) in [6.45, 7) is 3.93. The number of nitriles is 1. The zero-order valence-corrected chi connectivity index (χ0v) is 9.93. The molecule has 0 bridgehead atoms. The lowest BCUT2D eigenvalue weighted by molar-refractivity contribution is 0.0885. The molecule has 86 valence electrons. The molecule has 0 spiro atoms. The minimum absolute atomic E-state index is 0.262. The topological polar surface area (TPSA) is 33.0 Å². The second-order valence-electron chi connectivity index (χ2n) is 4.80. The second-order valence-corrected chi connectivity index (χ2v) is 4.80. The second kappa shape index (κ2) is 6.85. The first-order valence-electron chi connectivity index (χ1n) is 6.28. The molecule has 1 saturated carbocycles. The van der Waals surface area contributed by atoms with Crippen LogP contribution in [-0.2, 0) is 4.74 Å². The van der Waals surface area contributed by atoms with E-state index in [9.17, 15) is 0 Å². The molecule has 0 amide bonds. The van der Waals surface area contributed by atoms with Gasteiger partial charge in [-0.2, -0.15) is 5.26 Å². The molecular weight excluding hydrogens is 186 g/mol. The van der Waals surface area contributed by atoms with Gasteiger partial charge < -0.3 is 4.74 Å². The van der Waals surface area contributed by atoms with Crippen LogP contribution >= 0.6 is 0 Å². The van der Waals surface area contributed by atoms with Crippen LogP contribution in [-0.4, -0.2) is 13.2 Å². The molecule has 0 heterocycles. The quantitative estimate of drug-likeness (QED) is 0.543. The molecule has 1 rings (SSSR count). The van der Waals surface area contributed by atoms with Crippen molar-refractivity contribution in [2.24, 2.45) is 5.41 Å². The molecule has 2 nitrogen and oxygen atoms in total. The lowest BCUT2D eigenvalue weighted by atomic mass is 10.1. The highest BCUT2D eigenvalue weighted by atomic mass is 16.5. The molecule has 0 aromatic rings. The highest BCUT2D eigenvalue weighted by Gasteiger charge is 2.42. The van der Waals surface area contributed by atoms with Gasteiger partial charge in [-0.1, -0.05) is 32.6 Å². The van der Waals surface area contributed by atoms with Gasteiger partial charge in [0.25, 0.3) is 0 Å². The van der Waals surface area contributed by atoms with Crippen LogP contribution in [0.5, 0.6) is 0 Å². The zero-order chi connectivity index (χ0) is 11.0. The fourth-order valence-electron chi connectivity index (χ4n) is 1.81. The van der Waals surface area contributed by atoms with Gasteiger partial charge in [0, 0.05) is 18.4 Å². The number of hydrogen-bond acceptors (Lipinski definition) is 2. The molecule has 0 aromatic carbocycles. The summed E-state index contributed by atoms with van der Waals surface area (Å²) >= 11 is 0. The van der Waals surface area contributed by atoms with Gasteiger partial charge in [-0.15, -0.1) is 0 Å². The molecule has 15 heavy (non-hydrogen) atoms. The van der Waals surface area contributed by atoms with Crippen LogP contribution < -0.4 is 0 Å². The Kier molecular flexibility index (Phi) is 5.71. The first-order chi connectivity index (χ1) is 7.33. The first kappa shape index (κ1) is 12.5. The Morgan fingerprint density at radius 3 is 2.53 bits per heavy atom. The Bertz CT molecular complexity index is 203. The number of unbranched alkanes of at least 4 members (excludes halogenated alkanes) is 4. The predicted molar refractivity (Wildman–Crippen MR) is 61.5 cm³/mol. The van der Waals surface area contributed by atoms with Crippen LogP contribution in [0.2, 0.25) is 0 Å². The number of ether oxygens (including phenoxy) is 1. The average molecular weight is 209 g/mol. The molecule has 1 aliphatic carbocycles. The highest BCUT2D eigenvalue weighted by molar-refractivity contribution is 4.99. The molecule has 0 radical (unpaired) electrons. The Morgan fingerprint density at radius 2 is 1.93 bits per heavy atom. The number of nitrogens with zero attached hydrogens (tertiary/aromatic N) is 1. The monoisotopic (exact) mass is 209 g/mol. The van der Waals surface area contributed by atoms with Gasteiger partial charge in [0.15, 0.2) is 0 Å². The van der Waals surface area contributed by atoms with E-state index in [4.69, 9.17) is 10.00 Å². The third-order valence-corrected chi connectivity index (χ3v) is 3.21. The molecule has 2 heteroatoms. The van der Waals surface area contributed by atoms with Crippen molar-refractivity contribution in [3.05, 3.63) is 0 Å². The zero-order valence-electron chi connectivity index (χ0n) is 9.93. The lowest BCUT2D eigenvalue weighted by Crippen LogP contribution is -2.10. The summed E-state index contributed by atoms with van der Waals surface area (Å²) in [5, 5.41) is 8.64. The third kappa shape index (κ3) is 5.18. The molecule has 1 fully saturated rings. The van der Waals surface area contributed by atoms with Crippen molar-refractivity contribution >= 4 is 0 Å². The molecular formula is C13H23NO. The summed E-state index contributed by atoms with van der Waals surface area (Å²) < 4.78 is 5.64. The normalized spacial score (nSPS) is 17.3. The average Bonchev–Trinajstić information content (AvgIpc) is 2.98. The van der Waals surface area contributed by atoms with Crippen molar-refractivity contribution in [1.29, 1.82) is 5.26 Å². The Hall–Kier alpha value is -0.550. The van der Waals surface area contributed by atoms with Gasteiger partial charge in [0.2, 0.25) is 0 Å². The number of hydrogen-bond donors (Lipinski definition) is 0. The van der Waals surface area contributed by atoms with Crippen LogP contribution in [0, 0.1) is 16.7 Å². The van der Waals surface area contributed by atoms with E-state index in [1.165, 1.54) is 44.9 Å². The standard InChI is InChI=1S/C13H23NO/c1-2-3-4-5-6-11-15-12-13(7-8-13)9-10-14/h2-9,11-12H2,1H3. The fourth-order valence-corrected chi connectivity index (χ4v) is 1.81. The maximum Gasteiger partial charge on any atom is 0.0628 e. The van der Waals surface area contributed by atoms with E-state index in [0.717, 1.165) is 13.2 Å². The Balaban J connectivity index is 1.87. The van der Waals surface area contributed by atoms with Crippen molar-refractivity contribution in [3.63, 3.8) is 0 Å². The van der Waals surface area contributed by atoms with Gasteiger partial charge in [-0.25, -0.2) is 0 Å². The van der Waals surface area contributed by atoms with Crippen molar-refractivity contribution in [2.75, 3.05) is 13.2 Å². The molecule has 0 atom stereocenters. The molecule has 0 saturated heterocycles. The van der Waals surface area contributed by atoms with Crippen LogP contribution in [0.1, 0.15) is 58.3 Å². The smallest absolute Gasteiger partial charge is 0.0628 e. The molecule has 0 N–H and O–H groups in total. The highest BCUT2D eigenvalue weighted by Crippen LogP contribution is 2.48. The van der Waals surface area contributed by atoms with E-state index in [1.807, 2.05) is 0 Å². The summed E-state index contributed by atoms with van der Waals surface area (Å²) in [4.78, 5) is 0. The predicted octanol–water partition coefficient (Wildman–Crippen LogP) is 3.67. The summed E-state index contributed by atoms with van der Waals surface area (Å²) in [6, 6.07) is 2.26. The van der Waals surface area contributed by atoms with Crippen LogP contribution in [0.15, 0.2) is 0 Å². The summed E-state index contributed by atoms with van der Waals surface area (Å²) in [5.74, 6) is 0. The van der Waals surface area contributed by atoms with Crippen LogP contribution in [0.3, 0.4) is 0 Å². The van der Waals surface area contributed by atoms with Crippen molar-refractivity contribution in [2.45, 2.75) is 58.3 Å². The Morgan fingerprint density at radius 1 is 1.20 bits per heavy atom. The minimum atomic E-state index is 0.262. The van der Waals surface area contributed by atoms with E-state index in [-0.39, 0.29) is 5.41 Å². The minimum Gasteiger partial charge on any atom is -0.381 e. The molecule has 0 unspecified atom stereocenters. The summed E-state index contributed by atoms with van der Waals surface area (Å²) in [6.07, 6.45) is 9.52. The third-order valence-electron chi connectivity index (χ3n) is 3.21. The van der Waals surface area contributed by atoms with E-state index in [2.05, 4.69) is 13.0 Å². The van der Waals surface area contributed by atoms with Gasteiger partial charge in [-0.05, 0) is 19.3 Å². The van der Waals surface area contributed by atoms with E-state index >= 15 is 0 Å². The van der Waals surface area contributed by atoms with Crippen molar-refractivity contribution in [1.82, 2.24) is 0 Å². The maximum atomic E-state index is 8.64. The summed E-state index contributed by atoms with van der Waals surface area (Å²) in [7, 11) is 0. The van der Waals surface area contributed by atoms with Gasteiger partial charge in [-0.3, -0.25) is 0 Å². The number of rotatable bonds is 9. The largest absolute Gasteiger partial charge is 0.381 e. The molecule has 1 aliphatic rings. The van der Waals surface area contributed by atoms with E-state index in [1.54, 1.807) is 0 Å². The first-order valence-corrected chi connectivity index (χ1v) is 6.28. The van der Waals surface area contributed by atoms with Crippen molar-refractivity contribution < 1.29 is 4.74 Å². The van der Waals surface area contributed by atoms with Gasteiger partial charge in [0.1, 0.15) is 0 Å².